The summed E-state index contributed by atoms with van der Waals surface area (Å²) in [5.41, 5.74) is 0. The first-order chi connectivity index (χ1) is 8.18. The van der Waals surface area contributed by atoms with Crippen LogP contribution in [0.1, 0.15) is 46.0 Å². The van der Waals surface area contributed by atoms with E-state index in [1.165, 1.54) is 6.42 Å². The molecule has 2 heterocycles. The zero-order chi connectivity index (χ0) is 12.3. The molecule has 3 heteroatoms. The summed E-state index contributed by atoms with van der Waals surface area (Å²) in [5.74, 6) is 1.77. The van der Waals surface area contributed by atoms with Crippen molar-refractivity contribution in [1.82, 2.24) is 4.90 Å². The minimum absolute atomic E-state index is 0.134. The normalized spacial score (nSPS) is 30.6. The second kappa shape index (κ2) is 5.85. The predicted molar refractivity (Wildman–Crippen MR) is 67.7 cm³/mol. The van der Waals surface area contributed by atoms with E-state index in [2.05, 4.69) is 13.8 Å². The maximum Gasteiger partial charge on any atom is 0.251 e. The quantitative estimate of drug-likeness (QED) is 0.741. The molecule has 0 aromatic carbocycles. The van der Waals surface area contributed by atoms with Gasteiger partial charge in [0.1, 0.15) is 6.10 Å². The second-order valence-corrected chi connectivity index (χ2v) is 5.76. The van der Waals surface area contributed by atoms with Gasteiger partial charge in [0.05, 0.1) is 0 Å². The number of likely N-dealkylation sites (tertiary alicyclic amines) is 1. The molecule has 0 unspecified atom stereocenters. The van der Waals surface area contributed by atoms with Crippen molar-refractivity contribution in [2.75, 3.05) is 19.7 Å². The van der Waals surface area contributed by atoms with Gasteiger partial charge in [0.25, 0.3) is 5.91 Å². The van der Waals surface area contributed by atoms with Crippen molar-refractivity contribution in [3.8, 4) is 0 Å². The van der Waals surface area contributed by atoms with E-state index in [9.17, 15) is 4.79 Å². The molecular formula is C14H25NO2. The largest absolute Gasteiger partial charge is 0.368 e. The third-order valence-electron chi connectivity index (χ3n) is 4.23. The van der Waals surface area contributed by atoms with E-state index >= 15 is 0 Å². The Balaban J connectivity index is 1.87. The molecular weight excluding hydrogens is 214 g/mol. The van der Waals surface area contributed by atoms with E-state index in [1.54, 1.807) is 0 Å². The lowest BCUT2D eigenvalue weighted by Crippen LogP contribution is -2.39. The van der Waals surface area contributed by atoms with Crippen molar-refractivity contribution in [2.24, 2.45) is 11.8 Å². The van der Waals surface area contributed by atoms with Gasteiger partial charge in [0.15, 0.2) is 0 Å². The minimum atomic E-state index is -0.134. The molecule has 17 heavy (non-hydrogen) atoms. The zero-order valence-electron chi connectivity index (χ0n) is 11.2. The Labute approximate surface area is 105 Å². The van der Waals surface area contributed by atoms with E-state index in [4.69, 9.17) is 4.74 Å². The van der Waals surface area contributed by atoms with Crippen LogP contribution in [-0.2, 0) is 9.53 Å². The van der Waals surface area contributed by atoms with E-state index in [0.29, 0.717) is 0 Å². The molecule has 2 atom stereocenters. The Morgan fingerprint density at radius 1 is 1.18 bits per heavy atom. The summed E-state index contributed by atoms with van der Waals surface area (Å²) in [5, 5.41) is 0. The van der Waals surface area contributed by atoms with Crippen LogP contribution in [0, 0.1) is 11.8 Å². The number of hydrogen-bond acceptors (Lipinski definition) is 2. The highest BCUT2D eigenvalue weighted by molar-refractivity contribution is 5.81. The molecule has 0 bridgehead atoms. The highest BCUT2D eigenvalue weighted by atomic mass is 16.5. The maximum absolute atomic E-state index is 12.2. The van der Waals surface area contributed by atoms with Gasteiger partial charge in [-0.05, 0) is 43.9 Å². The molecule has 2 rings (SSSR count). The fraction of sp³-hybridized carbons (Fsp3) is 0.929. The SMILES string of the molecule is CC(C)[C@H]1CCCN(C(=O)[C@H]2CCCO2)CC1. The molecule has 0 radical (unpaired) electrons. The third-order valence-corrected chi connectivity index (χ3v) is 4.23. The monoisotopic (exact) mass is 239 g/mol. The number of carbonyl (C=O) groups is 1. The maximum atomic E-state index is 12.2. The van der Waals surface area contributed by atoms with Crippen LogP contribution in [-0.4, -0.2) is 36.6 Å². The Bertz CT molecular complexity index is 259. The van der Waals surface area contributed by atoms with Gasteiger partial charge in [0, 0.05) is 19.7 Å². The zero-order valence-corrected chi connectivity index (χ0v) is 11.2. The molecule has 2 fully saturated rings. The van der Waals surface area contributed by atoms with Crippen LogP contribution >= 0.6 is 0 Å². The van der Waals surface area contributed by atoms with Gasteiger partial charge in [-0.1, -0.05) is 13.8 Å². The smallest absolute Gasteiger partial charge is 0.251 e. The lowest BCUT2D eigenvalue weighted by molar-refractivity contribution is -0.140. The van der Waals surface area contributed by atoms with E-state index in [1.807, 2.05) is 4.90 Å². The molecule has 1 amide bonds. The van der Waals surface area contributed by atoms with Crippen LogP contribution in [0.15, 0.2) is 0 Å². The van der Waals surface area contributed by atoms with Crippen LogP contribution in [0.4, 0.5) is 0 Å². The van der Waals surface area contributed by atoms with E-state index in [0.717, 1.165) is 57.2 Å². The number of carbonyl (C=O) groups excluding carboxylic acids is 1. The molecule has 0 aromatic rings. The Kier molecular flexibility index (Phi) is 4.43. The summed E-state index contributed by atoms with van der Waals surface area (Å²) >= 11 is 0. The molecule has 0 aromatic heterocycles. The highest BCUT2D eigenvalue weighted by Gasteiger charge is 2.30. The van der Waals surface area contributed by atoms with Crippen molar-refractivity contribution in [1.29, 1.82) is 0 Å². The Morgan fingerprint density at radius 2 is 2.00 bits per heavy atom. The van der Waals surface area contributed by atoms with Crippen LogP contribution in [0.25, 0.3) is 0 Å². The fourth-order valence-electron chi connectivity index (χ4n) is 2.99. The molecule has 0 aliphatic carbocycles. The molecule has 2 saturated heterocycles. The minimum Gasteiger partial charge on any atom is -0.368 e. The average Bonchev–Trinajstić information content (AvgIpc) is 2.71. The molecule has 2 aliphatic rings. The summed E-state index contributed by atoms with van der Waals surface area (Å²) in [4.78, 5) is 14.3. The summed E-state index contributed by atoms with van der Waals surface area (Å²) in [6.45, 7) is 7.22. The van der Waals surface area contributed by atoms with Crippen molar-refractivity contribution in [3.63, 3.8) is 0 Å². The Hall–Kier alpha value is -0.570. The first-order valence-corrected chi connectivity index (χ1v) is 7.09. The second-order valence-electron chi connectivity index (χ2n) is 5.76. The number of amides is 1. The average molecular weight is 239 g/mol. The summed E-state index contributed by atoms with van der Waals surface area (Å²) < 4.78 is 5.49. The van der Waals surface area contributed by atoms with Gasteiger partial charge in [-0.15, -0.1) is 0 Å². The van der Waals surface area contributed by atoms with Gasteiger partial charge >= 0.3 is 0 Å². The van der Waals surface area contributed by atoms with Gasteiger partial charge in [-0.2, -0.15) is 0 Å². The van der Waals surface area contributed by atoms with Crippen molar-refractivity contribution in [3.05, 3.63) is 0 Å². The summed E-state index contributed by atoms with van der Waals surface area (Å²) in [7, 11) is 0. The number of nitrogens with zero attached hydrogens (tertiary/aromatic N) is 1. The third kappa shape index (κ3) is 3.21. The molecule has 0 spiro atoms. The topological polar surface area (TPSA) is 29.5 Å². The number of hydrogen-bond donors (Lipinski definition) is 0. The summed E-state index contributed by atoms with van der Waals surface area (Å²) in [6.07, 6.45) is 5.41. The number of rotatable bonds is 2. The van der Waals surface area contributed by atoms with Crippen molar-refractivity contribution >= 4 is 5.91 Å². The highest BCUT2D eigenvalue weighted by Crippen LogP contribution is 2.25. The predicted octanol–water partition coefficient (Wildman–Crippen LogP) is 2.45. The van der Waals surface area contributed by atoms with E-state index < -0.39 is 0 Å². The molecule has 0 saturated carbocycles. The lowest BCUT2D eigenvalue weighted by atomic mass is 9.89. The molecule has 3 nitrogen and oxygen atoms in total. The first-order valence-electron chi connectivity index (χ1n) is 7.09. The molecule has 2 aliphatic heterocycles. The standard InChI is InChI=1S/C14H25NO2/c1-11(2)12-5-3-8-15(9-7-12)14(16)13-6-4-10-17-13/h11-13H,3-10H2,1-2H3/t12-,13+/m0/s1. The van der Waals surface area contributed by atoms with Gasteiger partial charge < -0.3 is 9.64 Å². The van der Waals surface area contributed by atoms with Crippen molar-refractivity contribution < 1.29 is 9.53 Å². The Morgan fingerprint density at radius 3 is 2.65 bits per heavy atom. The van der Waals surface area contributed by atoms with Crippen LogP contribution in [0.3, 0.4) is 0 Å². The number of ether oxygens (including phenoxy) is 1. The van der Waals surface area contributed by atoms with Gasteiger partial charge in [0.2, 0.25) is 0 Å². The van der Waals surface area contributed by atoms with Crippen LogP contribution in [0.5, 0.6) is 0 Å². The lowest BCUT2D eigenvalue weighted by Gasteiger charge is -2.24. The van der Waals surface area contributed by atoms with Gasteiger partial charge in [-0.25, -0.2) is 0 Å². The first kappa shape index (κ1) is 12.9. The van der Waals surface area contributed by atoms with Crippen LogP contribution < -0.4 is 0 Å². The summed E-state index contributed by atoms with van der Waals surface area (Å²) in [6, 6.07) is 0. The van der Waals surface area contributed by atoms with Gasteiger partial charge in [-0.3, -0.25) is 4.79 Å². The fourth-order valence-corrected chi connectivity index (χ4v) is 2.99. The van der Waals surface area contributed by atoms with E-state index in [-0.39, 0.29) is 12.0 Å². The van der Waals surface area contributed by atoms with Crippen LogP contribution in [0.2, 0.25) is 0 Å². The van der Waals surface area contributed by atoms with Crippen molar-refractivity contribution in [2.45, 2.75) is 52.1 Å². The molecule has 98 valence electrons. The molecule has 0 N–H and O–H groups in total.